The van der Waals surface area contributed by atoms with E-state index < -0.39 is 5.97 Å². The first-order valence-electron chi connectivity index (χ1n) is 7.80. The van der Waals surface area contributed by atoms with Gasteiger partial charge in [0.1, 0.15) is 0 Å². The van der Waals surface area contributed by atoms with Crippen molar-refractivity contribution < 1.29 is 14.3 Å². The summed E-state index contributed by atoms with van der Waals surface area (Å²) in [6, 6.07) is 15.2. The van der Waals surface area contributed by atoms with Crippen LogP contribution in [0, 0.1) is 6.92 Å². The van der Waals surface area contributed by atoms with Gasteiger partial charge in [0, 0.05) is 11.4 Å². The van der Waals surface area contributed by atoms with E-state index in [-0.39, 0.29) is 12.5 Å². The van der Waals surface area contributed by atoms with E-state index >= 15 is 0 Å². The third kappa shape index (κ3) is 5.03. The number of esters is 1. The molecular weight excluding hydrogens is 382 g/mol. The lowest BCUT2D eigenvalue weighted by molar-refractivity contribution is -0.136. The SMILES string of the molecule is COC(=O)/C(=C\c1ccccc1)CN(C(C)=O)c1ccc(C)cc1Br. The Labute approximate surface area is 156 Å². The highest BCUT2D eigenvalue weighted by molar-refractivity contribution is 9.10. The van der Waals surface area contributed by atoms with E-state index in [1.54, 1.807) is 11.0 Å². The molecule has 5 heteroatoms. The molecule has 0 spiro atoms. The van der Waals surface area contributed by atoms with Crippen molar-refractivity contribution in [1.29, 1.82) is 0 Å². The van der Waals surface area contributed by atoms with Crippen LogP contribution in [0.15, 0.2) is 58.6 Å². The van der Waals surface area contributed by atoms with Gasteiger partial charge in [-0.3, -0.25) is 4.79 Å². The molecule has 0 saturated heterocycles. The predicted molar refractivity (Wildman–Crippen MR) is 103 cm³/mol. The smallest absolute Gasteiger partial charge is 0.335 e. The van der Waals surface area contributed by atoms with Crippen LogP contribution in [0.5, 0.6) is 0 Å². The fourth-order valence-corrected chi connectivity index (χ4v) is 3.13. The van der Waals surface area contributed by atoms with Crippen molar-refractivity contribution in [3.63, 3.8) is 0 Å². The van der Waals surface area contributed by atoms with Gasteiger partial charge in [-0.05, 0) is 52.2 Å². The Hall–Kier alpha value is -2.40. The molecule has 0 aliphatic rings. The van der Waals surface area contributed by atoms with Gasteiger partial charge in [-0.2, -0.15) is 0 Å². The maximum absolute atomic E-state index is 12.2. The second-order valence-corrected chi connectivity index (χ2v) is 6.49. The summed E-state index contributed by atoms with van der Waals surface area (Å²) < 4.78 is 5.69. The minimum atomic E-state index is -0.460. The highest BCUT2D eigenvalue weighted by Gasteiger charge is 2.20. The molecular formula is C20H20BrNO3. The Morgan fingerprint density at radius 1 is 1.16 bits per heavy atom. The molecule has 4 nitrogen and oxygen atoms in total. The van der Waals surface area contributed by atoms with Gasteiger partial charge in [-0.25, -0.2) is 4.79 Å². The number of rotatable bonds is 5. The molecule has 0 atom stereocenters. The number of ether oxygens (including phenoxy) is 1. The first kappa shape index (κ1) is 18.9. The highest BCUT2D eigenvalue weighted by Crippen LogP contribution is 2.28. The van der Waals surface area contributed by atoms with Crippen LogP contribution in [-0.2, 0) is 14.3 Å². The zero-order valence-corrected chi connectivity index (χ0v) is 16.0. The molecule has 0 fully saturated rings. The van der Waals surface area contributed by atoms with Gasteiger partial charge in [-0.15, -0.1) is 0 Å². The van der Waals surface area contributed by atoms with E-state index in [1.165, 1.54) is 14.0 Å². The van der Waals surface area contributed by atoms with Crippen LogP contribution in [0.2, 0.25) is 0 Å². The summed E-state index contributed by atoms with van der Waals surface area (Å²) in [6.07, 6.45) is 1.74. The van der Waals surface area contributed by atoms with Crippen LogP contribution >= 0.6 is 15.9 Å². The van der Waals surface area contributed by atoms with Crippen LogP contribution in [0.3, 0.4) is 0 Å². The van der Waals surface area contributed by atoms with Crippen LogP contribution in [0.4, 0.5) is 5.69 Å². The fourth-order valence-electron chi connectivity index (χ4n) is 2.42. The topological polar surface area (TPSA) is 46.6 Å². The Morgan fingerprint density at radius 2 is 1.84 bits per heavy atom. The normalized spacial score (nSPS) is 11.1. The second kappa shape index (κ2) is 8.62. The van der Waals surface area contributed by atoms with Gasteiger partial charge in [0.05, 0.1) is 24.9 Å². The number of methoxy groups -OCH3 is 1. The van der Waals surface area contributed by atoms with Crippen molar-refractivity contribution in [3.05, 3.63) is 69.7 Å². The number of halogens is 1. The van der Waals surface area contributed by atoms with Gasteiger partial charge in [-0.1, -0.05) is 36.4 Å². The summed E-state index contributed by atoms with van der Waals surface area (Å²) in [6.45, 7) is 3.57. The van der Waals surface area contributed by atoms with Crippen molar-refractivity contribution in [3.8, 4) is 0 Å². The molecule has 1 amide bonds. The Kier molecular flexibility index (Phi) is 6.53. The maximum atomic E-state index is 12.2. The van der Waals surface area contributed by atoms with Crippen LogP contribution in [0.25, 0.3) is 6.08 Å². The molecule has 0 heterocycles. The van der Waals surface area contributed by atoms with Crippen molar-refractivity contribution >= 4 is 39.6 Å². The van der Waals surface area contributed by atoms with E-state index in [2.05, 4.69) is 15.9 Å². The van der Waals surface area contributed by atoms with Crippen LogP contribution in [-0.4, -0.2) is 25.5 Å². The number of nitrogens with zero attached hydrogens (tertiary/aromatic N) is 1. The van der Waals surface area contributed by atoms with Crippen molar-refractivity contribution in [2.75, 3.05) is 18.6 Å². The van der Waals surface area contributed by atoms with Crippen molar-refractivity contribution in [1.82, 2.24) is 0 Å². The maximum Gasteiger partial charge on any atom is 0.335 e. The summed E-state index contributed by atoms with van der Waals surface area (Å²) in [5, 5.41) is 0. The molecule has 2 aromatic rings. The first-order valence-corrected chi connectivity index (χ1v) is 8.60. The van der Waals surface area contributed by atoms with Gasteiger partial charge in [0.2, 0.25) is 5.91 Å². The van der Waals surface area contributed by atoms with E-state index in [9.17, 15) is 9.59 Å². The molecule has 0 aliphatic carbocycles. The largest absolute Gasteiger partial charge is 0.466 e. The summed E-state index contributed by atoms with van der Waals surface area (Å²) in [5.74, 6) is -0.620. The lowest BCUT2D eigenvalue weighted by Crippen LogP contribution is -2.33. The molecule has 0 bridgehead atoms. The monoisotopic (exact) mass is 401 g/mol. The molecule has 0 saturated carbocycles. The lowest BCUT2D eigenvalue weighted by atomic mass is 10.1. The number of carbonyl (C=O) groups is 2. The molecule has 25 heavy (non-hydrogen) atoms. The molecule has 2 rings (SSSR count). The van der Waals surface area contributed by atoms with E-state index in [0.717, 1.165) is 15.6 Å². The minimum Gasteiger partial charge on any atom is -0.466 e. The zero-order chi connectivity index (χ0) is 18.4. The molecule has 0 aromatic heterocycles. The molecule has 130 valence electrons. The zero-order valence-electron chi connectivity index (χ0n) is 14.5. The third-order valence-corrected chi connectivity index (χ3v) is 4.33. The van der Waals surface area contributed by atoms with Crippen LogP contribution in [0.1, 0.15) is 18.1 Å². The summed E-state index contributed by atoms with van der Waals surface area (Å²) >= 11 is 3.50. The Bertz CT molecular complexity index is 800. The number of carbonyl (C=O) groups excluding carboxylic acids is 2. The average molecular weight is 402 g/mol. The van der Waals surface area contributed by atoms with Crippen LogP contribution < -0.4 is 4.90 Å². The molecule has 0 unspecified atom stereocenters. The average Bonchev–Trinajstić information content (AvgIpc) is 2.59. The molecule has 0 radical (unpaired) electrons. The number of hydrogen-bond donors (Lipinski definition) is 0. The van der Waals surface area contributed by atoms with Gasteiger partial charge in [0.25, 0.3) is 0 Å². The van der Waals surface area contributed by atoms with E-state index in [0.29, 0.717) is 11.3 Å². The number of anilines is 1. The van der Waals surface area contributed by atoms with Gasteiger partial charge < -0.3 is 9.64 Å². The van der Waals surface area contributed by atoms with Gasteiger partial charge in [0.15, 0.2) is 0 Å². The second-order valence-electron chi connectivity index (χ2n) is 5.63. The summed E-state index contributed by atoms with van der Waals surface area (Å²) in [4.78, 5) is 26.0. The van der Waals surface area contributed by atoms with Crippen molar-refractivity contribution in [2.24, 2.45) is 0 Å². The van der Waals surface area contributed by atoms with Gasteiger partial charge >= 0.3 is 5.97 Å². The lowest BCUT2D eigenvalue weighted by Gasteiger charge is -2.23. The molecule has 0 N–H and O–H groups in total. The van der Waals surface area contributed by atoms with E-state index in [1.807, 2.05) is 55.5 Å². The number of hydrogen-bond acceptors (Lipinski definition) is 3. The predicted octanol–water partition coefficient (Wildman–Crippen LogP) is 4.37. The summed E-state index contributed by atoms with van der Waals surface area (Å²) in [5.41, 5.74) is 3.05. The Morgan fingerprint density at radius 3 is 2.40 bits per heavy atom. The standard InChI is InChI=1S/C20H20BrNO3/c1-14-9-10-19(18(21)11-14)22(15(2)23)13-17(20(24)25-3)12-16-7-5-4-6-8-16/h4-12H,13H2,1-3H3/b17-12-. The third-order valence-electron chi connectivity index (χ3n) is 3.69. The number of amides is 1. The molecule has 0 aliphatic heterocycles. The number of benzene rings is 2. The highest BCUT2D eigenvalue weighted by atomic mass is 79.9. The van der Waals surface area contributed by atoms with E-state index in [4.69, 9.17) is 4.74 Å². The summed E-state index contributed by atoms with van der Waals surface area (Å²) in [7, 11) is 1.33. The van der Waals surface area contributed by atoms with Crippen molar-refractivity contribution in [2.45, 2.75) is 13.8 Å². The number of aryl methyl sites for hydroxylation is 1. The first-order chi connectivity index (χ1) is 11.9. The quantitative estimate of drug-likeness (QED) is 0.551. The molecule has 2 aromatic carbocycles. The Balaban J connectivity index is 2.41. The minimum absolute atomic E-state index is 0.124. The fraction of sp³-hybridized carbons (Fsp3) is 0.200.